The van der Waals surface area contributed by atoms with E-state index in [0.29, 0.717) is 0 Å². The lowest BCUT2D eigenvalue weighted by molar-refractivity contribution is 0.332. The SMILES string of the molecule is CC(C)(C)c1ccc(Nc2cc3c(cc2-c2ccc4c5cc6c(cc5n5c4c2[B]c2cc4sc(-c7ccccc7)c(-c7ccccc7)c4cc2-5)oc2ccccc26)C(C)(C)CCC3(C)C)cc1. The molecule has 1 aliphatic heterocycles. The van der Waals surface area contributed by atoms with E-state index in [0.717, 1.165) is 51.7 Å². The molecule has 1 aliphatic carbocycles. The van der Waals surface area contributed by atoms with Gasteiger partial charge in [0.2, 0.25) is 0 Å². The highest BCUT2D eigenvalue weighted by atomic mass is 32.1. The second kappa shape index (κ2) is 14.3. The summed E-state index contributed by atoms with van der Waals surface area (Å²) in [6.45, 7) is 16.6. The molecule has 0 saturated carbocycles. The third-order valence-corrected chi connectivity index (χ3v) is 16.5. The molecule has 0 amide bonds. The van der Waals surface area contributed by atoms with Crippen LogP contribution in [0, 0.1) is 0 Å². The Morgan fingerprint density at radius 3 is 2.01 bits per heavy atom. The van der Waals surface area contributed by atoms with Crippen molar-refractivity contribution in [3.63, 3.8) is 0 Å². The fourth-order valence-corrected chi connectivity index (χ4v) is 12.7. The number of furan rings is 1. The Bertz CT molecular complexity index is 3820. The van der Waals surface area contributed by atoms with Crippen molar-refractivity contribution in [2.45, 2.75) is 77.6 Å². The van der Waals surface area contributed by atoms with Gasteiger partial charge >= 0.3 is 0 Å². The molecule has 0 saturated heterocycles. The first kappa shape index (κ1) is 40.5. The van der Waals surface area contributed by atoms with Crippen LogP contribution in [0.15, 0.2) is 162 Å². The van der Waals surface area contributed by atoms with Crippen molar-refractivity contribution >= 4 is 94.7 Å². The summed E-state index contributed by atoms with van der Waals surface area (Å²) in [6, 6.07) is 58.8. The zero-order valence-corrected chi connectivity index (χ0v) is 40.1. The molecule has 1 radical (unpaired) electrons. The molecule has 0 atom stereocenters. The Labute approximate surface area is 397 Å². The summed E-state index contributed by atoms with van der Waals surface area (Å²) in [4.78, 5) is 1.29. The fourth-order valence-electron chi connectivity index (χ4n) is 11.4. The predicted molar refractivity (Wildman–Crippen MR) is 288 cm³/mol. The second-order valence-corrected chi connectivity index (χ2v) is 22.5. The van der Waals surface area contributed by atoms with Crippen molar-refractivity contribution in [2.75, 3.05) is 5.32 Å². The van der Waals surface area contributed by atoms with Gasteiger partial charge in [-0.25, -0.2) is 0 Å². The summed E-state index contributed by atoms with van der Waals surface area (Å²) >= 11 is 1.90. The van der Waals surface area contributed by atoms with E-state index in [9.17, 15) is 0 Å². The lowest BCUT2D eigenvalue weighted by Crippen LogP contribution is -2.37. The summed E-state index contributed by atoms with van der Waals surface area (Å²) in [6.07, 6.45) is 2.30. The van der Waals surface area contributed by atoms with Gasteiger partial charge in [0.25, 0.3) is 0 Å². The average molecular weight is 884 g/mol. The van der Waals surface area contributed by atoms with Crippen molar-refractivity contribution in [3.8, 4) is 38.4 Å². The van der Waals surface area contributed by atoms with Crippen molar-refractivity contribution in [1.29, 1.82) is 0 Å². The minimum Gasteiger partial charge on any atom is -0.456 e. The van der Waals surface area contributed by atoms with Crippen LogP contribution in [0.2, 0.25) is 0 Å². The molecule has 4 heterocycles. The number of aromatic nitrogens is 1. The van der Waals surface area contributed by atoms with E-state index in [1.165, 1.54) is 92.4 Å². The highest BCUT2D eigenvalue weighted by Gasteiger charge is 2.39. The van der Waals surface area contributed by atoms with Gasteiger partial charge in [-0.1, -0.05) is 157 Å². The molecule has 8 aromatic carbocycles. The third kappa shape index (κ3) is 6.24. The zero-order valence-electron chi connectivity index (χ0n) is 39.3. The molecule has 3 nitrogen and oxygen atoms in total. The molecule has 0 spiro atoms. The number of hydrogen-bond acceptors (Lipinski definition) is 3. The van der Waals surface area contributed by atoms with Gasteiger partial charge in [-0.15, -0.1) is 11.3 Å². The second-order valence-electron chi connectivity index (χ2n) is 21.5. The van der Waals surface area contributed by atoms with Crippen LogP contribution in [0.3, 0.4) is 0 Å². The molecule has 67 heavy (non-hydrogen) atoms. The first-order valence-electron chi connectivity index (χ1n) is 23.9. The molecule has 5 heteroatoms. The molecule has 3 aromatic heterocycles. The number of para-hydroxylation sites is 1. The Morgan fingerprint density at radius 1 is 0.597 bits per heavy atom. The van der Waals surface area contributed by atoms with Crippen molar-refractivity contribution in [1.82, 2.24) is 4.57 Å². The average Bonchev–Trinajstić information content (AvgIpc) is 3.99. The molecular formula is C62H52BN2OS. The van der Waals surface area contributed by atoms with Gasteiger partial charge in [-0.2, -0.15) is 0 Å². The van der Waals surface area contributed by atoms with Crippen LogP contribution in [0.5, 0.6) is 0 Å². The van der Waals surface area contributed by atoms with E-state index in [1.54, 1.807) is 0 Å². The number of nitrogens with one attached hydrogen (secondary N) is 1. The summed E-state index contributed by atoms with van der Waals surface area (Å²) in [5.41, 5.74) is 20.7. The van der Waals surface area contributed by atoms with E-state index in [1.807, 2.05) is 11.3 Å². The van der Waals surface area contributed by atoms with Crippen molar-refractivity contribution in [2.24, 2.45) is 0 Å². The van der Waals surface area contributed by atoms with Gasteiger partial charge in [-0.05, 0) is 116 Å². The van der Waals surface area contributed by atoms with Gasteiger partial charge in [0.1, 0.15) is 11.2 Å². The van der Waals surface area contributed by atoms with E-state index in [2.05, 4.69) is 223 Å². The monoisotopic (exact) mass is 883 g/mol. The van der Waals surface area contributed by atoms with Crippen LogP contribution in [-0.4, -0.2) is 11.8 Å². The number of anilines is 2. The molecule has 0 fully saturated rings. The quantitative estimate of drug-likeness (QED) is 0.175. The standard InChI is InChI=1S/C62H52BN2OS/c1-60(2,3)38-22-24-39(25-23-38)64-50-33-48-47(61(4,5)28-29-62(48,6)7)31-43(50)41-26-27-42-44-30-45-40-20-14-15-21-53(40)66-54(45)35-51(44)65-52-32-46-55(34-49(52)63-57(41)58(42)65)67-59(37-18-12-9-13-19-37)56(46)36-16-10-8-11-17-36/h8-27,30-35,64H,28-29H2,1-7H3. The minimum absolute atomic E-state index is 0.0353. The maximum atomic E-state index is 6.64. The van der Waals surface area contributed by atoms with E-state index < -0.39 is 0 Å². The number of hydrogen-bond donors (Lipinski definition) is 1. The molecule has 11 aromatic rings. The smallest absolute Gasteiger partial charge is 0.197 e. The molecule has 0 bridgehead atoms. The largest absolute Gasteiger partial charge is 0.456 e. The van der Waals surface area contributed by atoms with E-state index in [-0.39, 0.29) is 16.2 Å². The topological polar surface area (TPSA) is 30.1 Å². The molecule has 13 rings (SSSR count). The number of benzene rings is 8. The van der Waals surface area contributed by atoms with Gasteiger partial charge < -0.3 is 14.3 Å². The van der Waals surface area contributed by atoms with Crippen LogP contribution in [-0.2, 0) is 16.2 Å². The Morgan fingerprint density at radius 2 is 1.28 bits per heavy atom. The summed E-state index contributed by atoms with van der Waals surface area (Å²) < 4.78 is 10.5. The van der Waals surface area contributed by atoms with E-state index in [4.69, 9.17) is 4.42 Å². The summed E-state index contributed by atoms with van der Waals surface area (Å²) in [5.74, 6) is 0. The highest BCUT2D eigenvalue weighted by Crippen LogP contribution is 2.51. The third-order valence-electron chi connectivity index (χ3n) is 15.3. The lowest BCUT2D eigenvalue weighted by atomic mass is 9.58. The molecular weight excluding hydrogens is 832 g/mol. The Balaban J connectivity index is 1.11. The first-order chi connectivity index (χ1) is 32.3. The van der Waals surface area contributed by atoms with E-state index >= 15 is 0 Å². The zero-order chi connectivity index (χ0) is 45.6. The molecule has 2 aliphatic rings. The molecule has 0 unspecified atom stereocenters. The fraction of sp³-hybridized carbons (Fsp3) is 0.194. The molecule has 1 N–H and O–H groups in total. The predicted octanol–water partition coefficient (Wildman–Crippen LogP) is 16.3. The normalized spacial score (nSPS) is 15.0. The maximum Gasteiger partial charge on any atom is 0.197 e. The first-order valence-corrected chi connectivity index (χ1v) is 24.7. The summed E-state index contributed by atoms with van der Waals surface area (Å²) in [5, 5.41) is 10.0. The Hall–Kier alpha value is -6.82. The van der Waals surface area contributed by atoms with Gasteiger partial charge in [0.05, 0.1) is 5.52 Å². The number of fused-ring (bicyclic) bond motifs is 10. The maximum absolute atomic E-state index is 6.64. The lowest BCUT2D eigenvalue weighted by Gasteiger charge is -2.42. The van der Waals surface area contributed by atoms with Crippen LogP contribution in [0.1, 0.15) is 78.0 Å². The van der Waals surface area contributed by atoms with Crippen LogP contribution in [0.25, 0.3) is 92.2 Å². The van der Waals surface area contributed by atoms with Crippen LogP contribution in [0.4, 0.5) is 11.4 Å². The number of nitrogens with zero attached hydrogens (tertiary/aromatic N) is 1. The van der Waals surface area contributed by atoms with Crippen molar-refractivity contribution in [3.05, 3.63) is 174 Å². The van der Waals surface area contributed by atoms with Crippen LogP contribution >= 0.6 is 11.3 Å². The number of thiophene rings is 1. The van der Waals surface area contributed by atoms with Gasteiger partial charge in [0.15, 0.2) is 7.28 Å². The van der Waals surface area contributed by atoms with Crippen molar-refractivity contribution < 1.29 is 4.42 Å². The summed E-state index contributed by atoms with van der Waals surface area (Å²) in [7, 11) is 2.49. The minimum atomic E-state index is 0.0353. The van der Waals surface area contributed by atoms with Crippen LogP contribution < -0.4 is 16.2 Å². The van der Waals surface area contributed by atoms with Gasteiger partial charge in [-0.3, -0.25) is 0 Å². The number of rotatable bonds is 5. The highest BCUT2D eigenvalue weighted by molar-refractivity contribution is 7.23. The molecule has 325 valence electrons. The van der Waals surface area contributed by atoms with Gasteiger partial charge in [0, 0.05) is 76.3 Å². The Kier molecular flexibility index (Phi) is 8.66.